The van der Waals surface area contributed by atoms with Gasteiger partial charge in [-0.15, -0.1) is 0 Å². The number of rotatable bonds is 6. The van der Waals surface area contributed by atoms with E-state index < -0.39 is 0 Å². The van der Waals surface area contributed by atoms with Crippen LogP contribution in [0.2, 0.25) is 0 Å². The predicted octanol–water partition coefficient (Wildman–Crippen LogP) is 4.62. The van der Waals surface area contributed by atoms with E-state index in [1.165, 1.54) is 0 Å². The van der Waals surface area contributed by atoms with Gasteiger partial charge in [0.2, 0.25) is 11.7 Å². The summed E-state index contributed by atoms with van der Waals surface area (Å²) in [6.45, 7) is 5.93. The Balaban J connectivity index is 1.53. The van der Waals surface area contributed by atoms with E-state index in [1.54, 1.807) is 25.1 Å². The van der Waals surface area contributed by atoms with Crippen LogP contribution in [0, 0.1) is 20.8 Å². The topological polar surface area (TPSA) is 82.2 Å². The highest BCUT2D eigenvalue weighted by Crippen LogP contribution is 2.23. The van der Waals surface area contributed by atoms with E-state index in [0.29, 0.717) is 28.7 Å². The average Bonchev–Trinajstić information content (AvgIpc) is 3.31. The molecule has 0 unspecified atom stereocenters. The Morgan fingerprint density at radius 3 is 2.53 bits per heavy atom. The molecule has 1 N–H and O–H groups in total. The van der Waals surface area contributed by atoms with Crippen molar-refractivity contribution in [2.24, 2.45) is 0 Å². The summed E-state index contributed by atoms with van der Waals surface area (Å²) in [5.41, 5.74) is 4.38. The highest BCUT2D eigenvalue weighted by atomic mass is 16.5. The molecular weight excluding hydrogens is 380 g/mol. The highest BCUT2D eigenvalue weighted by molar-refractivity contribution is 6.06. The van der Waals surface area contributed by atoms with Crippen LogP contribution in [0.3, 0.4) is 0 Å². The zero-order valence-electron chi connectivity index (χ0n) is 17.0. The van der Waals surface area contributed by atoms with Gasteiger partial charge in [0.05, 0.1) is 5.56 Å². The number of nitrogens with one attached hydrogen (secondary N) is 1. The standard InChI is InChI=1S/C23H22N4O3/c1-15-11-12-16(2)27(15)19-8-6-7-18(13-19)25-23(28)20-9-4-5-10-21(20)29-14-22-24-17(3)30-26-22/h4-13H,14H2,1-3H3,(H,25,28). The molecule has 152 valence electrons. The fourth-order valence-corrected chi connectivity index (χ4v) is 3.32. The predicted molar refractivity (Wildman–Crippen MR) is 113 cm³/mol. The van der Waals surface area contributed by atoms with Crippen LogP contribution < -0.4 is 10.1 Å². The van der Waals surface area contributed by atoms with Crippen molar-refractivity contribution in [2.45, 2.75) is 27.4 Å². The molecule has 0 saturated carbocycles. The second-order valence-electron chi connectivity index (χ2n) is 6.97. The Kier molecular flexibility index (Phi) is 5.34. The van der Waals surface area contributed by atoms with Gasteiger partial charge in [-0.3, -0.25) is 4.79 Å². The van der Waals surface area contributed by atoms with Gasteiger partial charge in [0.25, 0.3) is 5.91 Å². The van der Waals surface area contributed by atoms with Crippen LogP contribution in [0.5, 0.6) is 5.75 Å². The maximum atomic E-state index is 12.9. The third-order valence-electron chi connectivity index (χ3n) is 4.69. The zero-order valence-corrected chi connectivity index (χ0v) is 17.0. The lowest BCUT2D eigenvalue weighted by Gasteiger charge is -2.13. The van der Waals surface area contributed by atoms with Crippen LogP contribution >= 0.6 is 0 Å². The van der Waals surface area contributed by atoms with Gasteiger partial charge in [0, 0.05) is 29.7 Å². The Hall–Kier alpha value is -3.87. The quantitative estimate of drug-likeness (QED) is 0.509. The van der Waals surface area contributed by atoms with Gasteiger partial charge in [-0.1, -0.05) is 23.4 Å². The molecule has 0 aliphatic carbocycles. The zero-order chi connectivity index (χ0) is 21.1. The number of carbonyl (C=O) groups excluding carboxylic acids is 1. The van der Waals surface area contributed by atoms with Crippen molar-refractivity contribution in [1.29, 1.82) is 0 Å². The third kappa shape index (κ3) is 4.10. The summed E-state index contributed by atoms with van der Waals surface area (Å²) < 4.78 is 12.8. The molecule has 0 aliphatic rings. The first-order chi connectivity index (χ1) is 14.5. The van der Waals surface area contributed by atoms with Gasteiger partial charge in [0.15, 0.2) is 6.61 Å². The smallest absolute Gasteiger partial charge is 0.259 e. The largest absolute Gasteiger partial charge is 0.485 e. The Morgan fingerprint density at radius 1 is 1.03 bits per heavy atom. The first-order valence-corrected chi connectivity index (χ1v) is 9.59. The summed E-state index contributed by atoms with van der Waals surface area (Å²) in [5, 5.41) is 6.77. The lowest BCUT2D eigenvalue weighted by atomic mass is 10.1. The van der Waals surface area contributed by atoms with Gasteiger partial charge in [-0.05, 0) is 56.3 Å². The number of hydrogen-bond acceptors (Lipinski definition) is 5. The van der Waals surface area contributed by atoms with Crippen LogP contribution in [0.25, 0.3) is 5.69 Å². The molecule has 2 aromatic carbocycles. The molecule has 2 aromatic heterocycles. The summed E-state index contributed by atoms with van der Waals surface area (Å²) >= 11 is 0. The minimum Gasteiger partial charge on any atom is -0.485 e. The summed E-state index contributed by atoms with van der Waals surface area (Å²) in [7, 11) is 0. The summed E-state index contributed by atoms with van der Waals surface area (Å²) in [6.07, 6.45) is 0. The summed E-state index contributed by atoms with van der Waals surface area (Å²) in [5.74, 6) is 1.08. The Morgan fingerprint density at radius 2 is 1.80 bits per heavy atom. The minimum absolute atomic E-state index is 0.114. The molecule has 1 amide bonds. The first-order valence-electron chi connectivity index (χ1n) is 9.59. The van der Waals surface area contributed by atoms with Crippen molar-refractivity contribution in [3.05, 3.63) is 89.3 Å². The Bertz CT molecular complexity index is 1170. The molecule has 0 saturated heterocycles. The molecule has 4 aromatic rings. The number of nitrogens with zero attached hydrogens (tertiary/aromatic N) is 3. The number of carbonyl (C=O) groups is 1. The van der Waals surface area contributed by atoms with Crippen molar-refractivity contribution in [3.63, 3.8) is 0 Å². The normalized spacial score (nSPS) is 10.8. The van der Waals surface area contributed by atoms with Crippen molar-refractivity contribution in [2.75, 3.05) is 5.32 Å². The molecule has 30 heavy (non-hydrogen) atoms. The fourth-order valence-electron chi connectivity index (χ4n) is 3.32. The van der Waals surface area contributed by atoms with E-state index in [2.05, 4.69) is 46.0 Å². The van der Waals surface area contributed by atoms with Crippen LogP contribution in [0.4, 0.5) is 5.69 Å². The molecule has 2 heterocycles. The van der Waals surface area contributed by atoms with Gasteiger partial charge < -0.3 is 19.1 Å². The maximum Gasteiger partial charge on any atom is 0.259 e. The van der Waals surface area contributed by atoms with Crippen LogP contribution in [-0.2, 0) is 6.61 Å². The average molecular weight is 402 g/mol. The molecule has 0 atom stereocenters. The lowest BCUT2D eigenvalue weighted by Crippen LogP contribution is -2.14. The van der Waals surface area contributed by atoms with Crippen molar-refractivity contribution < 1.29 is 14.1 Å². The van der Waals surface area contributed by atoms with Crippen molar-refractivity contribution in [1.82, 2.24) is 14.7 Å². The minimum atomic E-state index is -0.256. The first kappa shape index (κ1) is 19.4. The molecule has 7 heteroatoms. The van der Waals surface area contributed by atoms with Crippen molar-refractivity contribution >= 4 is 11.6 Å². The van der Waals surface area contributed by atoms with Gasteiger partial charge >= 0.3 is 0 Å². The van der Waals surface area contributed by atoms with Gasteiger partial charge in [-0.2, -0.15) is 4.98 Å². The molecule has 0 aliphatic heterocycles. The van der Waals surface area contributed by atoms with Crippen LogP contribution in [-0.4, -0.2) is 20.6 Å². The molecule has 0 fully saturated rings. The second-order valence-corrected chi connectivity index (χ2v) is 6.97. The highest BCUT2D eigenvalue weighted by Gasteiger charge is 2.14. The number of benzene rings is 2. The second kappa shape index (κ2) is 8.24. The molecule has 7 nitrogen and oxygen atoms in total. The number of aromatic nitrogens is 3. The lowest BCUT2D eigenvalue weighted by molar-refractivity contribution is 0.102. The third-order valence-corrected chi connectivity index (χ3v) is 4.69. The number of hydrogen-bond donors (Lipinski definition) is 1. The van der Waals surface area contributed by atoms with E-state index in [1.807, 2.05) is 30.3 Å². The van der Waals surface area contributed by atoms with Crippen LogP contribution in [0.15, 0.2) is 65.2 Å². The van der Waals surface area contributed by atoms with E-state index >= 15 is 0 Å². The molecular formula is C23H22N4O3. The number of aryl methyl sites for hydroxylation is 3. The van der Waals surface area contributed by atoms with E-state index in [9.17, 15) is 4.79 Å². The molecule has 4 rings (SSSR count). The molecule has 0 bridgehead atoms. The van der Waals surface area contributed by atoms with Crippen molar-refractivity contribution in [3.8, 4) is 11.4 Å². The van der Waals surface area contributed by atoms with E-state index in [0.717, 1.165) is 17.1 Å². The molecule has 0 radical (unpaired) electrons. The molecule has 0 spiro atoms. The summed E-state index contributed by atoms with van der Waals surface area (Å²) in [6, 6.07) is 18.9. The fraction of sp³-hybridized carbons (Fsp3) is 0.174. The monoisotopic (exact) mass is 402 g/mol. The van der Waals surface area contributed by atoms with E-state index in [4.69, 9.17) is 9.26 Å². The maximum absolute atomic E-state index is 12.9. The van der Waals surface area contributed by atoms with Crippen LogP contribution in [0.1, 0.15) is 33.5 Å². The Labute approximate surface area is 174 Å². The van der Waals surface area contributed by atoms with Gasteiger partial charge in [-0.25, -0.2) is 0 Å². The number of ether oxygens (including phenoxy) is 1. The SMILES string of the molecule is Cc1nc(COc2ccccc2C(=O)Nc2cccc(-n3c(C)ccc3C)c2)no1. The number of anilines is 1. The van der Waals surface area contributed by atoms with Gasteiger partial charge in [0.1, 0.15) is 5.75 Å². The number of para-hydroxylation sites is 1. The summed E-state index contributed by atoms with van der Waals surface area (Å²) in [4.78, 5) is 17.0. The van der Waals surface area contributed by atoms with E-state index in [-0.39, 0.29) is 12.5 Å². The number of amides is 1.